The summed E-state index contributed by atoms with van der Waals surface area (Å²) in [4.78, 5) is 18.3. The van der Waals surface area contributed by atoms with Gasteiger partial charge in [0.05, 0.1) is 14.2 Å². The Morgan fingerprint density at radius 2 is 1.97 bits per heavy atom. The fourth-order valence-corrected chi connectivity index (χ4v) is 2.77. The molecule has 0 fully saturated rings. The Balaban J connectivity index is 1.82. The van der Waals surface area contributed by atoms with Gasteiger partial charge in [-0.3, -0.25) is 0 Å². The Labute approximate surface area is 167 Å². The predicted molar refractivity (Wildman–Crippen MR) is 105 cm³/mol. The number of methoxy groups -OCH3 is 1. The van der Waals surface area contributed by atoms with Crippen molar-refractivity contribution < 1.29 is 19.1 Å². The number of carbonyl (C=O) groups excluding carboxylic acids is 1. The second-order valence-electron chi connectivity index (χ2n) is 6.14. The number of hydrogen-bond acceptors (Lipinski definition) is 8. The van der Waals surface area contributed by atoms with Crippen LogP contribution in [0.1, 0.15) is 16.7 Å². The van der Waals surface area contributed by atoms with Gasteiger partial charge in [-0.1, -0.05) is 29.4 Å². The molecule has 0 aliphatic carbocycles. The summed E-state index contributed by atoms with van der Waals surface area (Å²) in [5.41, 5.74) is 3.21. The first-order valence-corrected chi connectivity index (χ1v) is 8.79. The standard InChI is InChI=1S/C20H21N5O4/c1-13-11-14(19-21-24-25(2)22-19)9-10-17(13)29-12-15-7-5-6-8-16(15)18(23-28-4)20(26)27-3/h5-11H,12H2,1-4H3/b23-18+. The van der Waals surface area contributed by atoms with Gasteiger partial charge in [0.15, 0.2) is 5.71 Å². The van der Waals surface area contributed by atoms with E-state index in [1.54, 1.807) is 19.2 Å². The van der Waals surface area contributed by atoms with Crippen molar-refractivity contribution in [3.05, 3.63) is 59.2 Å². The minimum atomic E-state index is -0.587. The van der Waals surface area contributed by atoms with E-state index in [1.165, 1.54) is 19.0 Å². The van der Waals surface area contributed by atoms with Gasteiger partial charge >= 0.3 is 5.97 Å². The average Bonchev–Trinajstić information content (AvgIpc) is 3.17. The number of esters is 1. The first kappa shape index (κ1) is 20.0. The molecule has 0 amide bonds. The maximum absolute atomic E-state index is 12.1. The Hall–Kier alpha value is -3.75. The topological polar surface area (TPSA) is 101 Å². The van der Waals surface area contributed by atoms with Crippen molar-refractivity contribution >= 4 is 11.7 Å². The summed E-state index contributed by atoms with van der Waals surface area (Å²) in [6, 6.07) is 13.0. The number of hydrogen-bond donors (Lipinski definition) is 0. The van der Waals surface area contributed by atoms with Crippen LogP contribution in [0.2, 0.25) is 0 Å². The Kier molecular flexibility index (Phi) is 6.18. The molecule has 0 aliphatic rings. The summed E-state index contributed by atoms with van der Waals surface area (Å²) >= 11 is 0. The van der Waals surface area contributed by atoms with Crippen LogP contribution < -0.4 is 4.74 Å². The van der Waals surface area contributed by atoms with Crippen molar-refractivity contribution in [3.8, 4) is 17.1 Å². The molecule has 0 aliphatic heterocycles. The zero-order valence-corrected chi connectivity index (χ0v) is 16.6. The van der Waals surface area contributed by atoms with Crippen LogP contribution in [0, 0.1) is 6.92 Å². The first-order valence-electron chi connectivity index (χ1n) is 8.79. The molecule has 3 aromatic rings. The quantitative estimate of drug-likeness (QED) is 0.344. The molecule has 0 atom stereocenters. The summed E-state index contributed by atoms with van der Waals surface area (Å²) in [6.07, 6.45) is 0. The molecular weight excluding hydrogens is 374 g/mol. The number of ether oxygens (including phenoxy) is 2. The molecule has 2 aromatic carbocycles. The molecule has 3 rings (SSSR count). The largest absolute Gasteiger partial charge is 0.489 e. The van der Waals surface area contributed by atoms with E-state index in [4.69, 9.17) is 14.3 Å². The van der Waals surface area contributed by atoms with Gasteiger partial charge < -0.3 is 14.3 Å². The molecule has 1 heterocycles. The lowest BCUT2D eigenvalue weighted by atomic mass is 10.0. The smallest absolute Gasteiger partial charge is 0.360 e. The summed E-state index contributed by atoms with van der Waals surface area (Å²) < 4.78 is 10.8. The van der Waals surface area contributed by atoms with Crippen LogP contribution in [-0.4, -0.2) is 46.1 Å². The lowest BCUT2D eigenvalue weighted by Crippen LogP contribution is -2.19. The SMILES string of the molecule is CO/N=C(/C(=O)OC)c1ccccc1COc1ccc(-c2nnn(C)n2)cc1C. The van der Waals surface area contributed by atoms with E-state index in [1.807, 2.05) is 37.3 Å². The Morgan fingerprint density at radius 1 is 1.17 bits per heavy atom. The number of rotatable bonds is 7. The highest BCUT2D eigenvalue weighted by Crippen LogP contribution is 2.25. The molecule has 9 heteroatoms. The van der Waals surface area contributed by atoms with Crippen molar-refractivity contribution in [2.75, 3.05) is 14.2 Å². The molecule has 150 valence electrons. The van der Waals surface area contributed by atoms with Crippen LogP contribution >= 0.6 is 0 Å². The third-order valence-corrected chi connectivity index (χ3v) is 4.16. The first-order chi connectivity index (χ1) is 14.0. The Morgan fingerprint density at radius 3 is 2.62 bits per heavy atom. The summed E-state index contributed by atoms with van der Waals surface area (Å²) in [5.74, 6) is 0.665. The normalized spacial score (nSPS) is 11.2. The van der Waals surface area contributed by atoms with Gasteiger partial charge in [0, 0.05) is 11.1 Å². The lowest BCUT2D eigenvalue weighted by molar-refractivity contribution is -0.132. The molecule has 9 nitrogen and oxygen atoms in total. The minimum absolute atomic E-state index is 0.0787. The zero-order valence-electron chi connectivity index (χ0n) is 16.6. The van der Waals surface area contributed by atoms with Gasteiger partial charge in [0.2, 0.25) is 5.82 Å². The molecule has 0 saturated heterocycles. The van der Waals surface area contributed by atoms with Gasteiger partial charge in [-0.05, 0) is 41.5 Å². The second kappa shape index (κ2) is 8.96. The van der Waals surface area contributed by atoms with Crippen molar-refractivity contribution in [2.45, 2.75) is 13.5 Å². The number of aromatic nitrogens is 4. The van der Waals surface area contributed by atoms with Crippen molar-refractivity contribution in [2.24, 2.45) is 12.2 Å². The van der Waals surface area contributed by atoms with Gasteiger partial charge in [-0.25, -0.2) is 4.79 Å². The van der Waals surface area contributed by atoms with E-state index in [0.717, 1.165) is 16.7 Å². The Bertz CT molecular complexity index is 1040. The third kappa shape index (κ3) is 4.57. The van der Waals surface area contributed by atoms with Crippen molar-refractivity contribution in [3.63, 3.8) is 0 Å². The number of carbonyl (C=O) groups is 1. The zero-order chi connectivity index (χ0) is 20.8. The maximum Gasteiger partial charge on any atom is 0.360 e. The lowest BCUT2D eigenvalue weighted by Gasteiger charge is -2.13. The third-order valence-electron chi connectivity index (χ3n) is 4.16. The number of tetrazole rings is 1. The van der Waals surface area contributed by atoms with Crippen LogP contribution in [0.4, 0.5) is 0 Å². The molecule has 29 heavy (non-hydrogen) atoms. The van der Waals surface area contributed by atoms with Crippen LogP contribution in [0.15, 0.2) is 47.6 Å². The highest BCUT2D eigenvalue weighted by molar-refractivity contribution is 6.43. The maximum atomic E-state index is 12.1. The molecule has 0 radical (unpaired) electrons. The van der Waals surface area contributed by atoms with E-state index in [9.17, 15) is 4.79 Å². The van der Waals surface area contributed by atoms with Gasteiger partial charge in [-0.2, -0.15) is 4.80 Å². The number of aryl methyl sites for hydroxylation is 2. The molecular formula is C20H21N5O4. The second-order valence-corrected chi connectivity index (χ2v) is 6.14. The molecule has 0 N–H and O–H groups in total. The van der Waals surface area contributed by atoms with E-state index >= 15 is 0 Å². The number of oxime groups is 1. The average molecular weight is 395 g/mol. The molecule has 1 aromatic heterocycles. The molecule has 0 unspecified atom stereocenters. The number of nitrogens with zero attached hydrogens (tertiary/aromatic N) is 5. The summed E-state index contributed by atoms with van der Waals surface area (Å²) in [7, 11) is 4.39. The van der Waals surface area contributed by atoms with Gasteiger partial charge in [0.1, 0.15) is 19.5 Å². The molecule has 0 saturated carbocycles. The molecule has 0 bridgehead atoms. The molecule has 0 spiro atoms. The van der Waals surface area contributed by atoms with Gasteiger partial charge in [-0.15, -0.1) is 10.2 Å². The van der Waals surface area contributed by atoms with E-state index in [0.29, 0.717) is 17.1 Å². The highest BCUT2D eigenvalue weighted by Gasteiger charge is 2.19. The monoisotopic (exact) mass is 395 g/mol. The number of benzene rings is 2. The van der Waals surface area contributed by atoms with E-state index in [2.05, 4.69) is 20.6 Å². The van der Waals surface area contributed by atoms with E-state index in [-0.39, 0.29) is 12.3 Å². The fourth-order valence-electron chi connectivity index (χ4n) is 2.77. The van der Waals surface area contributed by atoms with Crippen LogP contribution in [0.5, 0.6) is 5.75 Å². The van der Waals surface area contributed by atoms with Crippen LogP contribution in [-0.2, 0) is 28.0 Å². The van der Waals surface area contributed by atoms with Crippen LogP contribution in [0.25, 0.3) is 11.4 Å². The van der Waals surface area contributed by atoms with Gasteiger partial charge in [0.25, 0.3) is 0 Å². The van der Waals surface area contributed by atoms with Crippen LogP contribution in [0.3, 0.4) is 0 Å². The predicted octanol–water partition coefficient (Wildman–Crippen LogP) is 2.29. The van der Waals surface area contributed by atoms with E-state index < -0.39 is 5.97 Å². The summed E-state index contributed by atoms with van der Waals surface area (Å²) in [5, 5.41) is 15.9. The fraction of sp³-hybridized carbons (Fsp3) is 0.250. The minimum Gasteiger partial charge on any atom is -0.489 e. The highest BCUT2D eigenvalue weighted by atomic mass is 16.6. The van der Waals surface area contributed by atoms with Crippen molar-refractivity contribution in [1.82, 2.24) is 20.2 Å². The summed E-state index contributed by atoms with van der Waals surface area (Å²) in [6.45, 7) is 2.17. The van der Waals surface area contributed by atoms with Crippen molar-refractivity contribution in [1.29, 1.82) is 0 Å².